The van der Waals surface area contributed by atoms with Gasteiger partial charge in [-0.2, -0.15) is 11.8 Å². The Morgan fingerprint density at radius 1 is 1.41 bits per heavy atom. The van der Waals surface area contributed by atoms with Crippen LogP contribution in [0.3, 0.4) is 0 Å². The summed E-state index contributed by atoms with van der Waals surface area (Å²) in [5, 5.41) is 9.87. The second-order valence-electron chi connectivity index (χ2n) is 3.87. The molecule has 0 spiro atoms. The van der Waals surface area contributed by atoms with Gasteiger partial charge in [-0.05, 0) is 23.3 Å². The first-order valence-electron chi connectivity index (χ1n) is 5.05. The largest absolute Gasteiger partial charge is 0.573 e. The maximum Gasteiger partial charge on any atom is 0.573 e. The number of hydrogen-bond acceptors (Lipinski definition) is 3. The minimum Gasteiger partial charge on any atom is -0.406 e. The molecule has 0 aromatic heterocycles. The fraction of sp³-hybridized carbons (Fsp3) is 0.455. The van der Waals surface area contributed by atoms with E-state index in [0.29, 0.717) is 11.3 Å². The first-order valence-corrected chi connectivity index (χ1v) is 6.10. The lowest BCUT2D eigenvalue weighted by Crippen LogP contribution is -2.20. The van der Waals surface area contributed by atoms with Gasteiger partial charge in [-0.3, -0.25) is 0 Å². The van der Waals surface area contributed by atoms with Crippen molar-refractivity contribution in [1.29, 1.82) is 0 Å². The summed E-state index contributed by atoms with van der Waals surface area (Å²) in [5.41, 5.74) is 1.38. The number of benzene rings is 1. The van der Waals surface area contributed by atoms with Crippen molar-refractivity contribution in [3.63, 3.8) is 0 Å². The molecule has 17 heavy (non-hydrogen) atoms. The summed E-state index contributed by atoms with van der Waals surface area (Å²) in [7, 11) is 0. The molecule has 0 saturated heterocycles. The van der Waals surface area contributed by atoms with Gasteiger partial charge in [0, 0.05) is 11.0 Å². The average Bonchev–Trinajstić information content (AvgIpc) is 2.22. The molecule has 0 fully saturated rings. The SMILES string of the molecule is CC1SCc2ccc(OC(F)(F)F)cc2C1O. The lowest BCUT2D eigenvalue weighted by Gasteiger charge is -2.27. The molecule has 2 unspecified atom stereocenters. The number of aliphatic hydroxyl groups excluding tert-OH is 1. The van der Waals surface area contributed by atoms with E-state index in [9.17, 15) is 18.3 Å². The number of fused-ring (bicyclic) bond motifs is 1. The van der Waals surface area contributed by atoms with Gasteiger partial charge < -0.3 is 9.84 Å². The number of aliphatic hydroxyl groups is 1. The molecule has 0 bridgehead atoms. The molecule has 2 atom stereocenters. The third kappa shape index (κ3) is 2.87. The number of halogens is 3. The fourth-order valence-electron chi connectivity index (χ4n) is 1.74. The van der Waals surface area contributed by atoms with Gasteiger partial charge in [0.25, 0.3) is 0 Å². The van der Waals surface area contributed by atoms with Crippen molar-refractivity contribution in [3.05, 3.63) is 29.3 Å². The highest BCUT2D eigenvalue weighted by atomic mass is 32.2. The van der Waals surface area contributed by atoms with E-state index in [4.69, 9.17) is 0 Å². The van der Waals surface area contributed by atoms with E-state index in [0.717, 1.165) is 5.56 Å². The Morgan fingerprint density at radius 3 is 2.76 bits per heavy atom. The molecule has 2 nitrogen and oxygen atoms in total. The monoisotopic (exact) mass is 264 g/mol. The van der Waals surface area contributed by atoms with E-state index in [-0.39, 0.29) is 11.0 Å². The van der Waals surface area contributed by atoms with Crippen LogP contribution in [-0.4, -0.2) is 16.7 Å². The fourth-order valence-corrected chi connectivity index (χ4v) is 2.78. The van der Waals surface area contributed by atoms with Crippen LogP contribution in [0.4, 0.5) is 13.2 Å². The number of alkyl halides is 3. The van der Waals surface area contributed by atoms with E-state index >= 15 is 0 Å². The molecule has 1 aromatic rings. The van der Waals surface area contributed by atoms with Crippen molar-refractivity contribution in [2.45, 2.75) is 30.4 Å². The molecule has 2 rings (SSSR count). The van der Waals surface area contributed by atoms with Crippen LogP contribution in [0.15, 0.2) is 18.2 Å². The highest BCUT2D eigenvalue weighted by molar-refractivity contribution is 7.99. The minimum absolute atomic E-state index is 0.0244. The predicted octanol–water partition coefficient (Wildman–Crippen LogP) is 3.25. The van der Waals surface area contributed by atoms with Crippen LogP contribution < -0.4 is 4.74 Å². The van der Waals surface area contributed by atoms with Crippen molar-refractivity contribution < 1.29 is 23.0 Å². The molecular formula is C11H11F3O2S. The normalized spacial score (nSPS) is 24.3. The summed E-state index contributed by atoms with van der Waals surface area (Å²) in [5.74, 6) is 0.411. The summed E-state index contributed by atoms with van der Waals surface area (Å²) in [6.07, 6.45) is -5.45. The standard InChI is InChI=1S/C11H11F3O2S/c1-6-10(15)9-4-8(16-11(12,13)14)3-2-7(9)5-17-6/h2-4,6,10,15H,5H2,1H3. The number of hydrogen-bond donors (Lipinski definition) is 1. The lowest BCUT2D eigenvalue weighted by atomic mass is 10.0. The zero-order valence-corrected chi connectivity index (χ0v) is 9.81. The van der Waals surface area contributed by atoms with Crippen LogP contribution in [0.25, 0.3) is 0 Å². The highest BCUT2D eigenvalue weighted by Crippen LogP contribution is 2.39. The minimum atomic E-state index is -4.70. The van der Waals surface area contributed by atoms with Crippen molar-refractivity contribution >= 4 is 11.8 Å². The van der Waals surface area contributed by atoms with Gasteiger partial charge in [-0.15, -0.1) is 13.2 Å². The van der Waals surface area contributed by atoms with Gasteiger partial charge in [0.1, 0.15) is 5.75 Å². The van der Waals surface area contributed by atoms with Crippen LogP contribution >= 0.6 is 11.8 Å². The maximum atomic E-state index is 12.1. The Morgan fingerprint density at radius 2 is 2.12 bits per heavy atom. The Balaban J connectivity index is 2.29. The molecule has 0 amide bonds. The Bertz CT molecular complexity index is 420. The van der Waals surface area contributed by atoms with Crippen molar-refractivity contribution in [2.24, 2.45) is 0 Å². The van der Waals surface area contributed by atoms with Gasteiger partial charge in [0.05, 0.1) is 6.10 Å². The molecule has 0 aliphatic carbocycles. The van der Waals surface area contributed by atoms with Crippen LogP contribution in [0, 0.1) is 0 Å². The molecule has 1 N–H and O–H groups in total. The van der Waals surface area contributed by atoms with Crippen LogP contribution in [0.2, 0.25) is 0 Å². The molecule has 0 radical (unpaired) electrons. The van der Waals surface area contributed by atoms with Gasteiger partial charge in [-0.1, -0.05) is 13.0 Å². The summed E-state index contributed by atoms with van der Waals surface area (Å²) < 4.78 is 40.0. The number of thioether (sulfide) groups is 1. The van der Waals surface area contributed by atoms with E-state index in [2.05, 4.69) is 4.74 Å². The molecular weight excluding hydrogens is 253 g/mol. The Kier molecular flexibility index (Phi) is 3.27. The van der Waals surface area contributed by atoms with Gasteiger partial charge in [-0.25, -0.2) is 0 Å². The molecule has 1 aliphatic heterocycles. The third-order valence-corrected chi connectivity index (χ3v) is 3.88. The van der Waals surface area contributed by atoms with Gasteiger partial charge in [0.2, 0.25) is 0 Å². The summed E-state index contributed by atoms with van der Waals surface area (Å²) in [4.78, 5) is 0. The van der Waals surface area contributed by atoms with Crippen molar-refractivity contribution in [3.8, 4) is 5.75 Å². The summed E-state index contributed by atoms with van der Waals surface area (Å²) in [6, 6.07) is 4.11. The second-order valence-corrected chi connectivity index (χ2v) is 5.23. The summed E-state index contributed by atoms with van der Waals surface area (Å²) >= 11 is 1.57. The third-order valence-electron chi connectivity index (χ3n) is 2.62. The predicted molar refractivity (Wildman–Crippen MR) is 58.8 cm³/mol. The van der Waals surface area contributed by atoms with Gasteiger partial charge in [0.15, 0.2) is 0 Å². The maximum absolute atomic E-state index is 12.1. The van der Waals surface area contributed by atoms with Crippen LogP contribution in [-0.2, 0) is 5.75 Å². The topological polar surface area (TPSA) is 29.5 Å². The number of rotatable bonds is 1. The zero-order chi connectivity index (χ0) is 12.6. The Labute approximate surface area is 101 Å². The molecule has 1 aromatic carbocycles. The smallest absolute Gasteiger partial charge is 0.406 e. The van der Waals surface area contributed by atoms with Crippen LogP contribution in [0.5, 0.6) is 5.75 Å². The van der Waals surface area contributed by atoms with E-state index in [1.807, 2.05) is 6.92 Å². The molecule has 94 valence electrons. The average molecular weight is 264 g/mol. The second kappa shape index (κ2) is 4.42. The molecule has 0 saturated carbocycles. The van der Waals surface area contributed by atoms with Gasteiger partial charge >= 0.3 is 6.36 Å². The van der Waals surface area contributed by atoms with E-state index in [1.165, 1.54) is 12.1 Å². The first-order chi connectivity index (χ1) is 7.87. The van der Waals surface area contributed by atoms with E-state index in [1.54, 1.807) is 17.8 Å². The van der Waals surface area contributed by atoms with Crippen LogP contribution in [0.1, 0.15) is 24.2 Å². The lowest BCUT2D eigenvalue weighted by molar-refractivity contribution is -0.274. The number of ether oxygens (including phenoxy) is 1. The van der Waals surface area contributed by atoms with Crippen molar-refractivity contribution in [2.75, 3.05) is 0 Å². The first kappa shape index (κ1) is 12.6. The van der Waals surface area contributed by atoms with Crippen molar-refractivity contribution in [1.82, 2.24) is 0 Å². The molecule has 1 heterocycles. The zero-order valence-electron chi connectivity index (χ0n) is 8.99. The highest BCUT2D eigenvalue weighted by Gasteiger charge is 2.32. The summed E-state index contributed by atoms with van der Waals surface area (Å²) in [6.45, 7) is 1.84. The molecule has 1 aliphatic rings. The quantitative estimate of drug-likeness (QED) is 0.844. The van der Waals surface area contributed by atoms with E-state index < -0.39 is 12.5 Å². The Hall–Kier alpha value is -0.880. The molecule has 6 heteroatoms.